The number of ether oxygens (including phenoxy) is 1. The van der Waals surface area contributed by atoms with E-state index in [9.17, 15) is 4.79 Å². The molecule has 0 heterocycles. The maximum Gasteiger partial charge on any atom is 0.251 e. The van der Waals surface area contributed by atoms with Crippen molar-refractivity contribution in [3.8, 4) is 0 Å². The molecule has 3 nitrogen and oxygen atoms in total. The summed E-state index contributed by atoms with van der Waals surface area (Å²) in [5.41, 5.74) is 0.967. The van der Waals surface area contributed by atoms with E-state index in [0.717, 1.165) is 5.57 Å². The van der Waals surface area contributed by atoms with Crippen LogP contribution in [0.3, 0.4) is 0 Å². The fourth-order valence-electron chi connectivity index (χ4n) is 0.894. The Labute approximate surface area is 74.0 Å². The number of carbonyl (C=O) groups excluding carboxylic acids is 1. The molecule has 1 amide bonds. The topological polar surface area (TPSA) is 29.5 Å². The monoisotopic (exact) mass is 171 g/mol. The summed E-state index contributed by atoms with van der Waals surface area (Å²) in [6, 6.07) is 0. The second-order valence-corrected chi connectivity index (χ2v) is 3.03. The van der Waals surface area contributed by atoms with E-state index in [-0.39, 0.29) is 12.0 Å². The zero-order valence-corrected chi connectivity index (χ0v) is 8.26. The minimum atomic E-state index is -0.366. The van der Waals surface area contributed by atoms with E-state index in [1.807, 2.05) is 6.92 Å². The lowest BCUT2D eigenvalue weighted by molar-refractivity contribution is -0.139. The van der Waals surface area contributed by atoms with Crippen molar-refractivity contribution < 1.29 is 9.53 Å². The number of rotatable bonds is 4. The molecule has 0 bridgehead atoms. The highest BCUT2D eigenvalue weighted by Crippen LogP contribution is 1.98. The molecule has 0 aromatic rings. The number of likely N-dealkylation sites (N-methyl/N-ethyl adjacent to an activating group) is 1. The van der Waals surface area contributed by atoms with Crippen molar-refractivity contribution in [3.05, 3.63) is 12.2 Å². The molecule has 1 unspecified atom stereocenters. The van der Waals surface area contributed by atoms with Gasteiger partial charge in [-0.15, -0.1) is 0 Å². The SMILES string of the molecule is C=C(C)CN(C)C(=O)C(C)OC. The lowest BCUT2D eigenvalue weighted by atomic mass is 10.3. The largest absolute Gasteiger partial charge is 0.372 e. The van der Waals surface area contributed by atoms with Gasteiger partial charge in [0, 0.05) is 20.7 Å². The van der Waals surface area contributed by atoms with Gasteiger partial charge in [-0.3, -0.25) is 4.79 Å². The number of hydrogen-bond donors (Lipinski definition) is 0. The van der Waals surface area contributed by atoms with Crippen LogP contribution in [0, 0.1) is 0 Å². The summed E-state index contributed by atoms with van der Waals surface area (Å²) in [5.74, 6) is -0.0134. The Bertz CT molecular complexity index is 177. The molecule has 0 N–H and O–H groups in total. The van der Waals surface area contributed by atoms with Crippen molar-refractivity contribution in [2.75, 3.05) is 20.7 Å². The number of carbonyl (C=O) groups is 1. The van der Waals surface area contributed by atoms with Crippen LogP contribution in [0.1, 0.15) is 13.8 Å². The van der Waals surface area contributed by atoms with Crippen LogP contribution in [-0.2, 0) is 9.53 Å². The molecule has 0 rings (SSSR count). The van der Waals surface area contributed by atoms with E-state index in [2.05, 4.69) is 6.58 Å². The number of methoxy groups -OCH3 is 1. The van der Waals surface area contributed by atoms with Gasteiger partial charge in [0.15, 0.2) is 0 Å². The maximum absolute atomic E-state index is 11.4. The Kier molecular flexibility index (Phi) is 4.59. The van der Waals surface area contributed by atoms with Gasteiger partial charge in [-0.05, 0) is 13.8 Å². The van der Waals surface area contributed by atoms with Crippen LogP contribution in [0.15, 0.2) is 12.2 Å². The zero-order chi connectivity index (χ0) is 9.72. The van der Waals surface area contributed by atoms with Crippen molar-refractivity contribution in [1.82, 2.24) is 4.90 Å². The van der Waals surface area contributed by atoms with Crippen LogP contribution < -0.4 is 0 Å². The molecule has 0 saturated heterocycles. The maximum atomic E-state index is 11.4. The van der Waals surface area contributed by atoms with Gasteiger partial charge in [0.2, 0.25) is 0 Å². The minimum Gasteiger partial charge on any atom is -0.372 e. The first-order valence-electron chi connectivity index (χ1n) is 3.91. The van der Waals surface area contributed by atoms with Crippen LogP contribution in [0.2, 0.25) is 0 Å². The first kappa shape index (κ1) is 11.2. The van der Waals surface area contributed by atoms with Gasteiger partial charge < -0.3 is 9.64 Å². The molecular weight excluding hydrogens is 154 g/mol. The molecular formula is C9H17NO2. The second kappa shape index (κ2) is 4.93. The number of hydrogen-bond acceptors (Lipinski definition) is 2. The van der Waals surface area contributed by atoms with Gasteiger partial charge in [0.1, 0.15) is 6.10 Å². The predicted octanol–water partition coefficient (Wildman–Crippen LogP) is 1.06. The van der Waals surface area contributed by atoms with E-state index in [1.165, 1.54) is 7.11 Å². The summed E-state index contributed by atoms with van der Waals surface area (Å²) in [6.07, 6.45) is -0.366. The fourth-order valence-corrected chi connectivity index (χ4v) is 0.894. The second-order valence-electron chi connectivity index (χ2n) is 3.03. The zero-order valence-electron chi connectivity index (χ0n) is 8.26. The van der Waals surface area contributed by atoms with Crippen LogP contribution in [0.25, 0.3) is 0 Å². The molecule has 0 spiro atoms. The van der Waals surface area contributed by atoms with Gasteiger partial charge in [0.05, 0.1) is 0 Å². The highest BCUT2D eigenvalue weighted by molar-refractivity contribution is 5.80. The predicted molar refractivity (Wildman–Crippen MR) is 48.9 cm³/mol. The smallest absolute Gasteiger partial charge is 0.251 e. The van der Waals surface area contributed by atoms with Gasteiger partial charge in [-0.25, -0.2) is 0 Å². The third-order valence-corrected chi connectivity index (χ3v) is 1.58. The molecule has 0 saturated carbocycles. The van der Waals surface area contributed by atoms with Crippen molar-refractivity contribution >= 4 is 5.91 Å². The van der Waals surface area contributed by atoms with Crippen molar-refractivity contribution in [1.29, 1.82) is 0 Å². The summed E-state index contributed by atoms with van der Waals surface area (Å²) in [6.45, 7) is 7.94. The molecule has 0 aliphatic heterocycles. The minimum absolute atomic E-state index is 0.0134. The number of nitrogens with zero attached hydrogens (tertiary/aromatic N) is 1. The third kappa shape index (κ3) is 3.53. The van der Waals surface area contributed by atoms with Gasteiger partial charge in [-0.1, -0.05) is 12.2 Å². The Morgan fingerprint density at radius 3 is 2.50 bits per heavy atom. The van der Waals surface area contributed by atoms with Crippen LogP contribution in [0.4, 0.5) is 0 Å². The van der Waals surface area contributed by atoms with Crippen molar-refractivity contribution in [2.24, 2.45) is 0 Å². The van der Waals surface area contributed by atoms with E-state index in [4.69, 9.17) is 4.74 Å². The summed E-state index contributed by atoms with van der Waals surface area (Å²) >= 11 is 0. The molecule has 1 atom stereocenters. The Hall–Kier alpha value is -0.830. The summed E-state index contributed by atoms with van der Waals surface area (Å²) in [5, 5.41) is 0. The molecule has 0 aliphatic rings. The number of amides is 1. The highest BCUT2D eigenvalue weighted by Gasteiger charge is 2.15. The third-order valence-electron chi connectivity index (χ3n) is 1.58. The summed E-state index contributed by atoms with van der Waals surface area (Å²) < 4.78 is 4.89. The highest BCUT2D eigenvalue weighted by atomic mass is 16.5. The molecule has 12 heavy (non-hydrogen) atoms. The normalized spacial score (nSPS) is 12.3. The van der Waals surface area contributed by atoms with Crippen molar-refractivity contribution in [3.63, 3.8) is 0 Å². The average Bonchev–Trinajstić information content (AvgIpc) is 2.00. The molecule has 0 aromatic carbocycles. The van der Waals surface area contributed by atoms with Crippen LogP contribution >= 0.6 is 0 Å². The van der Waals surface area contributed by atoms with Gasteiger partial charge in [-0.2, -0.15) is 0 Å². The van der Waals surface area contributed by atoms with E-state index in [0.29, 0.717) is 6.54 Å². The summed E-state index contributed by atoms with van der Waals surface area (Å²) in [4.78, 5) is 13.0. The molecule has 3 heteroatoms. The lowest BCUT2D eigenvalue weighted by Gasteiger charge is -2.20. The standard InChI is InChI=1S/C9H17NO2/c1-7(2)6-10(4)9(11)8(3)12-5/h8H,1,6H2,2-5H3. The lowest BCUT2D eigenvalue weighted by Crippen LogP contribution is -2.36. The van der Waals surface area contributed by atoms with E-state index >= 15 is 0 Å². The first-order chi connectivity index (χ1) is 5.49. The van der Waals surface area contributed by atoms with Crippen LogP contribution in [0.5, 0.6) is 0 Å². The van der Waals surface area contributed by atoms with Gasteiger partial charge in [0.25, 0.3) is 5.91 Å². The van der Waals surface area contributed by atoms with Gasteiger partial charge >= 0.3 is 0 Å². The Balaban J connectivity index is 4.01. The molecule has 0 aliphatic carbocycles. The fraction of sp³-hybridized carbons (Fsp3) is 0.667. The van der Waals surface area contributed by atoms with Crippen LogP contribution in [-0.4, -0.2) is 37.6 Å². The molecule has 0 fully saturated rings. The molecule has 70 valence electrons. The van der Waals surface area contributed by atoms with E-state index in [1.54, 1.807) is 18.9 Å². The molecule has 0 radical (unpaired) electrons. The van der Waals surface area contributed by atoms with Crippen molar-refractivity contribution in [2.45, 2.75) is 20.0 Å². The average molecular weight is 171 g/mol. The molecule has 0 aromatic heterocycles. The summed E-state index contributed by atoms with van der Waals surface area (Å²) in [7, 11) is 3.27. The quantitative estimate of drug-likeness (QED) is 0.592. The first-order valence-corrected chi connectivity index (χ1v) is 3.91. The Morgan fingerprint density at radius 2 is 2.17 bits per heavy atom. The van der Waals surface area contributed by atoms with E-state index < -0.39 is 0 Å². The Morgan fingerprint density at radius 1 is 1.67 bits per heavy atom.